The summed E-state index contributed by atoms with van der Waals surface area (Å²) in [4.78, 5) is 6.52. The molecule has 1 aliphatic rings. The van der Waals surface area contributed by atoms with Crippen LogP contribution in [-0.4, -0.2) is 25.1 Å². The molecule has 0 saturated carbocycles. The molecule has 1 aliphatic heterocycles. The lowest BCUT2D eigenvalue weighted by atomic mass is 10.1. The Labute approximate surface area is 137 Å². The van der Waals surface area contributed by atoms with Crippen molar-refractivity contribution in [1.29, 1.82) is 0 Å². The molecule has 1 aromatic heterocycles. The molecule has 0 amide bonds. The lowest BCUT2D eigenvalue weighted by Crippen LogP contribution is -2.17. The second-order valence-corrected chi connectivity index (χ2v) is 5.69. The first-order valence-corrected chi connectivity index (χ1v) is 8.10. The maximum absolute atomic E-state index is 5.68. The number of nitrogens with zero attached hydrogens (tertiary/aromatic N) is 2. The van der Waals surface area contributed by atoms with Crippen molar-refractivity contribution < 1.29 is 4.74 Å². The normalized spacial score (nSPS) is 14.8. The van der Waals surface area contributed by atoms with E-state index in [4.69, 9.17) is 4.74 Å². The molecule has 1 fully saturated rings. The van der Waals surface area contributed by atoms with Crippen LogP contribution in [0.4, 0.5) is 5.69 Å². The van der Waals surface area contributed by atoms with Crippen LogP contribution in [0.5, 0.6) is 0 Å². The van der Waals surface area contributed by atoms with Gasteiger partial charge in [-0.05, 0) is 31.0 Å². The van der Waals surface area contributed by atoms with Gasteiger partial charge in [-0.1, -0.05) is 18.2 Å². The SMILES string of the molecule is CN/C(=C\OCc1cccnc1)c1ccc(N2CCCC2)cc1. The molecular formula is C19H23N3O. The van der Waals surface area contributed by atoms with Crippen molar-refractivity contribution in [3.8, 4) is 0 Å². The van der Waals surface area contributed by atoms with Gasteiger partial charge >= 0.3 is 0 Å². The van der Waals surface area contributed by atoms with E-state index >= 15 is 0 Å². The second kappa shape index (κ2) is 7.68. The van der Waals surface area contributed by atoms with Crippen LogP contribution < -0.4 is 10.2 Å². The van der Waals surface area contributed by atoms with Gasteiger partial charge < -0.3 is 15.0 Å². The Morgan fingerprint density at radius 1 is 1.22 bits per heavy atom. The quantitative estimate of drug-likeness (QED) is 0.830. The van der Waals surface area contributed by atoms with Crippen LogP contribution in [0.3, 0.4) is 0 Å². The molecule has 4 heteroatoms. The van der Waals surface area contributed by atoms with Crippen LogP contribution in [0.2, 0.25) is 0 Å². The van der Waals surface area contributed by atoms with Crippen LogP contribution >= 0.6 is 0 Å². The molecule has 0 radical (unpaired) electrons. The minimum Gasteiger partial charge on any atom is -0.494 e. The van der Waals surface area contributed by atoms with Gasteiger partial charge in [0.25, 0.3) is 0 Å². The number of aromatic nitrogens is 1. The fourth-order valence-corrected chi connectivity index (χ4v) is 2.80. The molecule has 23 heavy (non-hydrogen) atoms. The van der Waals surface area contributed by atoms with E-state index in [2.05, 4.69) is 39.5 Å². The number of rotatable bonds is 6. The summed E-state index contributed by atoms with van der Waals surface area (Å²) in [5.74, 6) is 0. The average Bonchev–Trinajstić information content (AvgIpc) is 3.15. The first-order chi connectivity index (χ1) is 11.4. The summed E-state index contributed by atoms with van der Waals surface area (Å²) in [6, 6.07) is 12.6. The minimum absolute atomic E-state index is 0.519. The van der Waals surface area contributed by atoms with Crippen molar-refractivity contribution in [2.24, 2.45) is 0 Å². The predicted molar refractivity (Wildman–Crippen MR) is 94.0 cm³/mol. The van der Waals surface area contributed by atoms with Gasteiger partial charge in [0.05, 0.1) is 5.70 Å². The number of nitrogens with one attached hydrogen (secondary N) is 1. The third kappa shape index (κ3) is 4.03. The minimum atomic E-state index is 0.519. The highest BCUT2D eigenvalue weighted by molar-refractivity contribution is 5.65. The van der Waals surface area contributed by atoms with E-state index < -0.39 is 0 Å². The number of hydrogen-bond donors (Lipinski definition) is 1. The van der Waals surface area contributed by atoms with E-state index in [0.717, 1.165) is 16.8 Å². The summed E-state index contributed by atoms with van der Waals surface area (Å²) >= 11 is 0. The van der Waals surface area contributed by atoms with E-state index in [9.17, 15) is 0 Å². The van der Waals surface area contributed by atoms with Gasteiger partial charge in [0, 0.05) is 49.3 Å². The van der Waals surface area contributed by atoms with E-state index in [1.807, 2.05) is 25.4 Å². The Balaban J connectivity index is 1.64. The summed E-state index contributed by atoms with van der Waals surface area (Å²) < 4.78 is 5.68. The number of benzene rings is 1. The van der Waals surface area contributed by atoms with Crippen molar-refractivity contribution in [2.75, 3.05) is 25.0 Å². The predicted octanol–water partition coefficient (Wildman–Crippen LogP) is 3.42. The molecule has 4 nitrogen and oxygen atoms in total. The number of hydrogen-bond acceptors (Lipinski definition) is 4. The summed E-state index contributed by atoms with van der Waals surface area (Å²) in [6.45, 7) is 2.86. The topological polar surface area (TPSA) is 37.4 Å². The smallest absolute Gasteiger partial charge is 0.114 e. The molecule has 0 atom stereocenters. The van der Waals surface area contributed by atoms with Gasteiger partial charge in [0.2, 0.25) is 0 Å². The van der Waals surface area contributed by atoms with Gasteiger partial charge in [-0.3, -0.25) is 4.98 Å². The van der Waals surface area contributed by atoms with Gasteiger partial charge in [0.1, 0.15) is 12.9 Å². The molecule has 1 N–H and O–H groups in total. The standard InChI is InChI=1S/C19H23N3O/c1-20-19(15-23-14-16-5-4-10-21-13-16)17-6-8-18(9-7-17)22-11-2-3-12-22/h4-10,13,15,20H,2-3,11-12,14H2,1H3/b19-15-. The molecule has 1 saturated heterocycles. The van der Waals surface area contributed by atoms with Crippen molar-refractivity contribution in [3.63, 3.8) is 0 Å². The fourth-order valence-electron chi connectivity index (χ4n) is 2.80. The maximum atomic E-state index is 5.68. The second-order valence-electron chi connectivity index (χ2n) is 5.69. The monoisotopic (exact) mass is 309 g/mol. The molecule has 2 heterocycles. The highest BCUT2D eigenvalue weighted by Gasteiger charge is 2.12. The summed E-state index contributed by atoms with van der Waals surface area (Å²) in [5, 5.41) is 3.20. The molecule has 2 aromatic rings. The highest BCUT2D eigenvalue weighted by Crippen LogP contribution is 2.22. The van der Waals surface area contributed by atoms with Crippen LogP contribution in [0.1, 0.15) is 24.0 Å². The van der Waals surface area contributed by atoms with Crippen LogP contribution in [0.25, 0.3) is 5.70 Å². The molecule has 0 spiro atoms. The maximum Gasteiger partial charge on any atom is 0.114 e. The zero-order valence-electron chi connectivity index (χ0n) is 13.5. The Bertz CT molecular complexity index is 631. The molecule has 120 valence electrons. The number of ether oxygens (including phenoxy) is 1. The fraction of sp³-hybridized carbons (Fsp3) is 0.316. The van der Waals surface area contributed by atoms with Crippen molar-refractivity contribution in [1.82, 2.24) is 10.3 Å². The van der Waals surface area contributed by atoms with E-state index in [0.29, 0.717) is 6.61 Å². The van der Waals surface area contributed by atoms with E-state index in [1.165, 1.54) is 31.6 Å². The van der Waals surface area contributed by atoms with Crippen LogP contribution in [-0.2, 0) is 11.3 Å². The highest BCUT2D eigenvalue weighted by atomic mass is 16.5. The summed E-state index contributed by atoms with van der Waals surface area (Å²) in [6.07, 6.45) is 7.95. The lowest BCUT2D eigenvalue weighted by Gasteiger charge is -2.18. The van der Waals surface area contributed by atoms with Gasteiger partial charge in [0.15, 0.2) is 0 Å². The molecule has 0 unspecified atom stereocenters. The lowest BCUT2D eigenvalue weighted by molar-refractivity contribution is 0.236. The van der Waals surface area contributed by atoms with E-state index in [-0.39, 0.29) is 0 Å². The molecule has 1 aromatic carbocycles. The molecule has 0 bridgehead atoms. The Hall–Kier alpha value is -2.49. The molecular weight excluding hydrogens is 286 g/mol. The van der Waals surface area contributed by atoms with Crippen molar-refractivity contribution in [2.45, 2.75) is 19.4 Å². The van der Waals surface area contributed by atoms with Crippen molar-refractivity contribution >= 4 is 11.4 Å². The third-order valence-electron chi connectivity index (χ3n) is 4.09. The average molecular weight is 309 g/mol. The molecule has 3 rings (SSSR count). The molecule has 0 aliphatic carbocycles. The Morgan fingerprint density at radius 3 is 2.65 bits per heavy atom. The van der Waals surface area contributed by atoms with E-state index in [1.54, 1.807) is 12.5 Å². The zero-order chi connectivity index (χ0) is 15.9. The Morgan fingerprint density at radius 2 is 2.00 bits per heavy atom. The number of anilines is 1. The van der Waals surface area contributed by atoms with Crippen LogP contribution in [0.15, 0.2) is 55.1 Å². The largest absolute Gasteiger partial charge is 0.494 e. The zero-order valence-corrected chi connectivity index (χ0v) is 13.5. The first-order valence-electron chi connectivity index (χ1n) is 8.10. The van der Waals surface area contributed by atoms with Crippen molar-refractivity contribution in [3.05, 3.63) is 66.2 Å². The summed E-state index contributed by atoms with van der Waals surface area (Å²) in [7, 11) is 1.91. The number of pyridine rings is 1. The Kier molecular flexibility index (Phi) is 5.14. The third-order valence-corrected chi connectivity index (χ3v) is 4.09. The van der Waals surface area contributed by atoms with Gasteiger partial charge in [-0.15, -0.1) is 0 Å². The summed E-state index contributed by atoms with van der Waals surface area (Å²) in [5.41, 5.74) is 4.46. The van der Waals surface area contributed by atoms with Crippen LogP contribution in [0, 0.1) is 0 Å². The first kappa shape index (κ1) is 15.4. The van der Waals surface area contributed by atoms with Gasteiger partial charge in [-0.2, -0.15) is 0 Å². The van der Waals surface area contributed by atoms with Gasteiger partial charge in [-0.25, -0.2) is 0 Å².